The molecule has 8 aromatic carbocycles. The van der Waals surface area contributed by atoms with Crippen LogP contribution in [0.1, 0.15) is 0 Å². The summed E-state index contributed by atoms with van der Waals surface area (Å²) in [4.78, 5) is 10.1. The van der Waals surface area contributed by atoms with Gasteiger partial charge >= 0.3 is 0 Å². The maximum atomic E-state index is 6.66. The molecule has 0 amide bonds. The Hall–Kier alpha value is -7.50. The molecular weight excluding hydrogens is 675 g/mol. The van der Waals surface area contributed by atoms with E-state index in [-0.39, 0.29) is 0 Å². The molecule has 5 nitrogen and oxygen atoms in total. The number of benzene rings is 8. The Kier molecular flexibility index (Phi) is 7.10. The first-order valence-electron chi connectivity index (χ1n) is 18.4. The predicted molar refractivity (Wildman–Crippen MR) is 222 cm³/mol. The van der Waals surface area contributed by atoms with Gasteiger partial charge in [-0.15, -0.1) is 0 Å². The maximum Gasteiger partial charge on any atom is 0.194 e. The van der Waals surface area contributed by atoms with Crippen molar-refractivity contribution in [3.8, 4) is 73.7 Å². The van der Waals surface area contributed by atoms with Crippen LogP contribution in [0.25, 0.3) is 83.3 Å². The van der Waals surface area contributed by atoms with E-state index < -0.39 is 0 Å². The molecule has 55 heavy (non-hydrogen) atoms. The number of rotatable bonds is 5. The topological polar surface area (TPSA) is 49.2 Å². The Morgan fingerprint density at radius 2 is 1.04 bits per heavy atom. The molecular formula is C50H31N3O2. The molecule has 11 rings (SSSR count). The summed E-state index contributed by atoms with van der Waals surface area (Å²) in [5.74, 6) is 3.50. The lowest BCUT2D eigenvalue weighted by molar-refractivity contribution is 0.362. The van der Waals surface area contributed by atoms with Gasteiger partial charge < -0.3 is 14.0 Å². The Morgan fingerprint density at radius 3 is 1.78 bits per heavy atom. The van der Waals surface area contributed by atoms with E-state index >= 15 is 0 Å². The molecule has 0 saturated heterocycles. The average molecular weight is 706 g/mol. The number of nitrogens with zero attached hydrogens (tertiary/aromatic N) is 3. The van der Waals surface area contributed by atoms with Crippen LogP contribution < -0.4 is 9.47 Å². The molecule has 0 atom stereocenters. The van der Waals surface area contributed by atoms with E-state index in [1.54, 1.807) is 0 Å². The van der Waals surface area contributed by atoms with E-state index in [1.165, 1.54) is 16.2 Å². The summed E-state index contributed by atoms with van der Waals surface area (Å²) in [7, 11) is 0. The molecule has 3 heterocycles. The first-order chi connectivity index (χ1) is 27.2. The van der Waals surface area contributed by atoms with Crippen LogP contribution in [0.2, 0.25) is 0 Å². The average Bonchev–Trinajstić information content (AvgIpc) is 3.62. The zero-order valence-electron chi connectivity index (χ0n) is 29.6. The van der Waals surface area contributed by atoms with Crippen molar-refractivity contribution in [2.24, 2.45) is 0 Å². The molecule has 10 aromatic rings. The molecule has 1 aliphatic rings. The lowest BCUT2D eigenvalue weighted by Crippen LogP contribution is -2.02. The molecule has 1 aliphatic heterocycles. The summed E-state index contributed by atoms with van der Waals surface area (Å²) < 4.78 is 15.4. The van der Waals surface area contributed by atoms with E-state index in [2.05, 4.69) is 126 Å². The van der Waals surface area contributed by atoms with Crippen molar-refractivity contribution >= 4 is 32.6 Å². The highest BCUT2D eigenvalue weighted by Crippen LogP contribution is 2.51. The molecule has 0 unspecified atom stereocenters. The third kappa shape index (κ3) is 5.24. The molecule has 0 saturated carbocycles. The van der Waals surface area contributed by atoms with Crippen LogP contribution in [-0.4, -0.2) is 14.5 Å². The van der Waals surface area contributed by atoms with Gasteiger partial charge in [0.25, 0.3) is 0 Å². The van der Waals surface area contributed by atoms with Crippen LogP contribution in [0.3, 0.4) is 0 Å². The highest BCUT2D eigenvalue weighted by molar-refractivity contribution is 6.22. The zero-order valence-corrected chi connectivity index (χ0v) is 29.6. The number of hydrogen-bond acceptors (Lipinski definition) is 4. The minimum atomic E-state index is 0.685. The van der Waals surface area contributed by atoms with Crippen LogP contribution in [0.5, 0.6) is 23.0 Å². The summed E-state index contributed by atoms with van der Waals surface area (Å²) in [5.41, 5.74) is 10.1. The highest BCUT2D eigenvalue weighted by atomic mass is 16.6. The van der Waals surface area contributed by atoms with Crippen molar-refractivity contribution in [2.75, 3.05) is 0 Å². The molecule has 0 fully saturated rings. The highest BCUT2D eigenvalue weighted by Gasteiger charge is 2.26. The van der Waals surface area contributed by atoms with Gasteiger partial charge in [0.2, 0.25) is 0 Å². The van der Waals surface area contributed by atoms with Crippen LogP contribution >= 0.6 is 0 Å². The number of hydrogen-bond donors (Lipinski definition) is 0. The number of aromatic nitrogens is 3. The van der Waals surface area contributed by atoms with E-state index in [4.69, 9.17) is 19.4 Å². The fraction of sp³-hybridized carbons (Fsp3) is 0. The van der Waals surface area contributed by atoms with Gasteiger partial charge in [-0.1, -0.05) is 133 Å². The number of para-hydroxylation sites is 2. The standard InChI is InChI=1S/C50H31N3O2/c1-3-13-34(14-4-1)41-31-42(35-15-5-2-6-16-35)52-50(51-41)37-18-11-17-36(30-37)32-22-25-38(26-23-32)53-43-28-24-33-12-7-8-19-39(33)47(43)40-27-29-46-49(48(40)53)55-45-21-10-9-20-44(45)54-46/h1-31H. The van der Waals surface area contributed by atoms with Gasteiger partial charge in [-0.2, -0.15) is 0 Å². The normalized spacial score (nSPS) is 11.9. The summed E-state index contributed by atoms with van der Waals surface area (Å²) in [6.07, 6.45) is 0. The van der Waals surface area contributed by atoms with Gasteiger partial charge in [-0.25, -0.2) is 9.97 Å². The lowest BCUT2D eigenvalue weighted by Gasteiger charge is -2.22. The van der Waals surface area contributed by atoms with E-state index in [9.17, 15) is 0 Å². The maximum absolute atomic E-state index is 6.66. The fourth-order valence-corrected chi connectivity index (χ4v) is 7.85. The zero-order chi connectivity index (χ0) is 36.3. The smallest absolute Gasteiger partial charge is 0.194 e. The molecule has 0 radical (unpaired) electrons. The summed E-state index contributed by atoms with van der Waals surface area (Å²) >= 11 is 0. The third-order valence-electron chi connectivity index (χ3n) is 10.5. The van der Waals surface area contributed by atoms with Gasteiger partial charge in [0.15, 0.2) is 28.8 Å². The van der Waals surface area contributed by atoms with Crippen molar-refractivity contribution in [2.45, 2.75) is 0 Å². The van der Waals surface area contributed by atoms with Gasteiger partial charge in [0.1, 0.15) is 5.52 Å². The van der Waals surface area contributed by atoms with Gasteiger partial charge in [0, 0.05) is 33.2 Å². The van der Waals surface area contributed by atoms with Crippen LogP contribution in [0.4, 0.5) is 0 Å². The second-order valence-corrected chi connectivity index (χ2v) is 13.8. The van der Waals surface area contributed by atoms with Crippen LogP contribution in [0, 0.1) is 0 Å². The van der Waals surface area contributed by atoms with Crippen LogP contribution in [-0.2, 0) is 0 Å². The number of ether oxygens (including phenoxy) is 2. The minimum Gasteiger partial charge on any atom is -0.449 e. The van der Waals surface area contributed by atoms with Gasteiger partial charge in [0.05, 0.1) is 16.9 Å². The second-order valence-electron chi connectivity index (χ2n) is 13.8. The number of fused-ring (bicyclic) bond motifs is 8. The third-order valence-corrected chi connectivity index (χ3v) is 10.5. The summed E-state index contributed by atoms with van der Waals surface area (Å²) in [5, 5.41) is 4.68. The Bertz CT molecular complexity index is 3020. The van der Waals surface area contributed by atoms with Crippen LogP contribution in [0.15, 0.2) is 188 Å². The molecule has 2 aromatic heterocycles. The summed E-state index contributed by atoms with van der Waals surface area (Å²) in [6, 6.07) is 64.9. The van der Waals surface area contributed by atoms with Crippen molar-refractivity contribution in [1.29, 1.82) is 0 Å². The van der Waals surface area contributed by atoms with E-state index in [0.29, 0.717) is 28.8 Å². The largest absolute Gasteiger partial charge is 0.449 e. The molecule has 5 heteroatoms. The van der Waals surface area contributed by atoms with Crippen molar-refractivity contribution in [1.82, 2.24) is 14.5 Å². The monoisotopic (exact) mass is 705 g/mol. The van der Waals surface area contributed by atoms with Crippen molar-refractivity contribution in [3.63, 3.8) is 0 Å². The van der Waals surface area contributed by atoms with Crippen molar-refractivity contribution in [3.05, 3.63) is 188 Å². The van der Waals surface area contributed by atoms with E-state index in [0.717, 1.165) is 61.3 Å². The van der Waals surface area contributed by atoms with Crippen molar-refractivity contribution < 1.29 is 9.47 Å². The molecule has 0 bridgehead atoms. The Morgan fingerprint density at radius 1 is 0.400 bits per heavy atom. The predicted octanol–water partition coefficient (Wildman–Crippen LogP) is 13.3. The lowest BCUT2D eigenvalue weighted by atomic mass is 10.0. The summed E-state index contributed by atoms with van der Waals surface area (Å²) in [6.45, 7) is 0. The fourth-order valence-electron chi connectivity index (χ4n) is 7.85. The molecule has 0 spiro atoms. The molecule has 258 valence electrons. The van der Waals surface area contributed by atoms with Gasteiger partial charge in [-0.3, -0.25) is 0 Å². The SMILES string of the molecule is c1ccc(-c2cc(-c3ccccc3)nc(-c3cccc(-c4ccc(-n5c6ccc7ccccc7c6c6ccc7c(c65)Oc5ccccc5O7)cc4)c3)n2)cc1. The minimum absolute atomic E-state index is 0.685. The molecule has 0 N–H and O–H groups in total. The second kappa shape index (κ2) is 12.6. The van der Waals surface area contributed by atoms with E-state index in [1.807, 2.05) is 66.7 Å². The quantitative estimate of drug-likeness (QED) is 0.179. The Balaban J connectivity index is 1.04. The Labute approximate surface area is 317 Å². The molecule has 0 aliphatic carbocycles. The first kappa shape index (κ1) is 31.1. The van der Waals surface area contributed by atoms with Gasteiger partial charge in [-0.05, 0) is 76.5 Å². The first-order valence-corrected chi connectivity index (χ1v) is 18.4.